The Hall–Kier alpha value is -2.34. The Bertz CT molecular complexity index is 709. The van der Waals surface area contributed by atoms with Crippen LogP contribution in [0.4, 0.5) is 0 Å². The molecule has 2 aromatic carbocycles. The van der Waals surface area contributed by atoms with Crippen molar-refractivity contribution in [3.63, 3.8) is 0 Å². The summed E-state index contributed by atoms with van der Waals surface area (Å²) in [7, 11) is -2.22. The normalized spacial score (nSPS) is 10.9. The summed E-state index contributed by atoms with van der Waals surface area (Å²) >= 11 is 0. The minimum Gasteiger partial charge on any atom is -0.497 e. The number of nitrogens with one attached hydrogen (secondary N) is 1. The standard InChI is InChI=1S/C15H15NO4S/c1-20-14-9-7-13(8-10-14)15(17)16-21(18,19)11-12-5-3-2-4-6-12/h2-10H,11H2,1H3,(H,16,17). The molecule has 110 valence electrons. The first kappa shape index (κ1) is 15.1. The molecule has 1 amide bonds. The summed E-state index contributed by atoms with van der Waals surface area (Å²) in [4.78, 5) is 11.9. The molecule has 0 bridgehead atoms. The summed E-state index contributed by atoms with van der Waals surface area (Å²) in [6.45, 7) is 0. The molecule has 0 saturated heterocycles. The minimum atomic E-state index is -3.73. The Morgan fingerprint density at radius 3 is 2.24 bits per heavy atom. The predicted molar refractivity (Wildman–Crippen MR) is 79.5 cm³/mol. The van der Waals surface area contributed by atoms with Crippen LogP contribution < -0.4 is 9.46 Å². The van der Waals surface area contributed by atoms with Gasteiger partial charge in [-0.05, 0) is 29.8 Å². The lowest BCUT2D eigenvalue weighted by Crippen LogP contribution is -2.31. The van der Waals surface area contributed by atoms with Gasteiger partial charge in [0.2, 0.25) is 10.0 Å². The van der Waals surface area contributed by atoms with Crippen LogP contribution in [0.1, 0.15) is 15.9 Å². The first-order valence-corrected chi connectivity index (χ1v) is 7.88. The first-order chi connectivity index (χ1) is 10.00. The predicted octanol–water partition coefficient (Wildman–Crippen LogP) is 1.96. The van der Waals surface area contributed by atoms with Gasteiger partial charge in [0.05, 0.1) is 12.9 Å². The summed E-state index contributed by atoms with van der Waals surface area (Å²) < 4.78 is 30.9. The third kappa shape index (κ3) is 4.32. The fraction of sp³-hybridized carbons (Fsp3) is 0.133. The number of benzene rings is 2. The molecule has 0 aliphatic rings. The van der Waals surface area contributed by atoms with E-state index >= 15 is 0 Å². The van der Waals surface area contributed by atoms with Gasteiger partial charge in [-0.15, -0.1) is 0 Å². The summed E-state index contributed by atoms with van der Waals surface area (Å²) in [6, 6.07) is 14.9. The number of hydrogen-bond donors (Lipinski definition) is 1. The average Bonchev–Trinajstić information content (AvgIpc) is 2.47. The second-order valence-electron chi connectivity index (χ2n) is 4.40. The van der Waals surface area contributed by atoms with Crippen molar-refractivity contribution in [2.45, 2.75) is 5.75 Å². The third-order valence-electron chi connectivity index (χ3n) is 2.80. The quantitative estimate of drug-likeness (QED) is 0.916. The number of methoxy groups -OCH3 is 1. The van der Waals surface area contributed by atoms with E-state index in [1.165, 1.54) is 19.2 Å². The van der Waals surface area contributed by atoms with E-state index in [4.69, 9.17) is 4.74 Å². The van der Waals surface area contributed by atoms with Gasteiger partial charge in [-0.1, -0.05) is 30.3 Å². The molecule has 0 spiro atoms. The monoisotopic (exact) mass is 305 g/mol. The molecule has 0 fully saturated rings. The molecule has 0 unspecified atom stereocenters. The van der Waals surface area contributed by atoms with Gasteiger partial charge in [0.15, 0.2) is 0 Å². The lowest BCUT2D eigenvalue weighted by molar-refractivity contribution is 0.0981. The number of rotatable bonds is 5. The van der Waals surface area contributed by atoms with E-state index in [9.17, 15) is 13.2 Å². The van der Waals surface area contributed by atoms with E-state index in [2.05, 4.69) is 4.72 Å². The van der Waals surface area contributed by atoms with Crippen molar-refractivity contribution in [1.29, 1.82) is 0 Å². The van der Waals surface area contributed by atoms with Crippen molar-refractivity contribution >= 4 is 15.9 Å². The van der Waals surface area contributed by atoms with Gasteiger partial charge in [0, 0.05) is 5.56 Å². The molecule has 1 N–H and O–H groups in total. The zero-order chi connectivity index (χ0) is 15.3. The first-order valence-electron chi connectivity index (χ1n) is 6.23. The maximum Gasteiger partial charge on any atom is 0.264 e. The van der Waals surface area contributed by atoms with Crippen molar-refractivity contribution in [1.82, 2.24) is 4.72 Å². The topological polar surface area (TPSA) is 72.5 Å². The smallest absolute Gasteiger partial charge is 0.264 e. The van der Waals surface area contributed by atoms with Crippen LogP contribution >= 0.6 is 0 Å². The highest BCUT2D eigenvalue weighted by Gasteiger charge is 2.16. The zero-order valence-corrected chi connectivity index (χ0v) is 12.3. The van der Waals surface area contributed by atoms with Gasteiger partial charge in [-0.2, -0.15) is 0 Å². The van der Waals surface area contributed by atoms with Crippen LogP contribution in [0.25, 0.3) is 0 Å². The Balaban J connectivity index is 2.07. The Kier molecular flexibility index (Phi) is 4.59. The molecule has 2 rings (SSSR count). The molecule has 0 aliphatic heterocycles. The number of amides is 1. The van der Waals surface area contributed by atoms with E-state index < -0.39 is 15.9 Å². The van der Waals surface area contributed by atoms with Crippen molar-refractivity contribution in [2.24, 2.45) is 0 Å². The minimum absolute atomic E-state index is 0.240. The van der Waals surface area contributed by atoms with E-state index in [0.29, 0.717) is 11.3 Å². The number of carbonyl (C=O) groups excluding carboxylic acids is 1. The van der Waals surface area contributed by atoms with Crippen LogP contribution in [0, 0.1) is 0 Å². The molecule has 5 nitrogen and oxygen atoms in total. The van der Waals surface area contributed by atoms with Gasteiger partial charge in [0.1, 0.15) is 5.75 Å². The Morgan fingerprint density at radius 2 is 1.67 bits per heavy atom. The molecule has 0 atom stereocenters. The Morgan fingerprint density at radius 1 is 1.05 bits per heavy atom. The highest BCUT2D eigenvalue weighted by Crippen LogP contribution is 2.12. The summed E-state index contributed by atoms with van der Waals surface area (Å²) in [6.07, 6.45) is 0. The van der Waals surface area contributed by atoms with Crippen molar-refractivity contribution in [2.75, 3.05) is 7.11 Å². The second-order valence-corrected chi connectivity index (χ2v) is 6.13. The molecular formula is C15H15NO4S. The summed E-state index contributed by atoms with van der Waals surface area (Å²) in [5.74, 6) is -0.303. The molecular weight excluding hydrogens is 290 g/mol. The Labute approximate surface area is 123 Å². The molecule has 21 heavy (non-hydrogen) atoms. The van der Waals surface area contributed by atoms with E-state index in [1.807, 2.05) is 0 Å². The van der Waals surface area contributed by atoms with E-state index in [-0.39, 0.29) is 11.3 Å². The fourth-order valence-corrected chi connectivity index (χ4v) is 2.88. The van der Waals surface area contributed by atoms with Crippen LogP contribution in [0.15, 0.2) is 54.6 Å². The number of ether oxygens (including phenoxy) is 1. The molecule has 0 aromatic heterocycles. The molecule has 0 radical (unpaired) electrons. The maximum absolute atomic E-state index is 12.0. The van der Waals surface area contributed by atoms with Crippen LogP contribution in [0.5, 0.6) is 5.75 Å². The van der Waals surface area contributed by atoms with Crippen molar-refractivity contribution in [3.05, 3.63) is 65.7 Å². The average molecular weight is 305 g/mol. The van der Waals surface area contributed by atoms with Crippen LogP contribution in [0.2, 0.25) is 0 Å². The number of sulfonamides is 1. The lowest BCUT2D eigenvalue weighted by Gasteiger charge is -2.07. The molecule has 0 heterocycles. The zero-order valence-electron chi connectivity index (χ0n) is 11.4. The molecule has 0 aliphatic carbocycles. The number of hydrogen-bond acceptors (Lipinski definition) is 4. The van der Waals surface area contributed by atoms with Gasteiger partial charge in [0.25, 0.3) is 5.91 Å². The van der Waals surface area contributed by atoms with E-state index in [1.54, 1.807) is 42.5 Å². The fourth-order valence-electron chi connectivity index (χ4n) is 1.77. The summed E-state index contributed by atoms with van der Waals surface area (Å²) in [5, 5.41) is 0. The largest absolute Gasteiger partial charge is 0.497 e. The van der Waals surface area contributed by atoms with Gasteiger partial charge in [-0.25, -0.2) is 13.1 Å². The van der Waals surface area contributed by atoms with Crippen LogP contribution in [-0.2, 0) is 15.8 Å². The van der Waals surface area contributed by atoms with E-state index in [0.717, 1.165) is 0 Å². The van der Waals surface area contributed by atoms with Crippen molar-refractivity contribution in [3.8, 4) is 5.75 Å². The maximum atomic E-state index is 12.0. The summed E-state index contributed by atoms with van der Waals surface area (Å²) in [5.41, 5.74) is 0.875. The SMILES string of the molecule is COc1ccc(C(=O)NS(=O)(=O)Cc2ccccc2)cc1. The molecule has 2 aromatic rings. The van der Waals surface area contributed by atoms with Crippen LogP contribution in [0.3, 0.4) is 0 Å². The van der Waals surface area contributed by atoms with Crippen molar-refractivity contribution < 1.29 is 17.9 Å². The lowest BCUT2D eigenvalue weighted by atomic mass is 10.2. The second kappa shape index (κ2) is 6.41. The third-order valence-corrected chi connectivity index (χ3v) is 4.01. The van der Waals surface area contributed by atoms with Gasteiger partial charge in [-0.3, -0.25) is 4.79 Å². The highest BCUT2D eigenvalue weighted by atomic mass is 32.2. The molecule has 6 heteroatoms. The van der Waals surface area contributed by atoms with Crippen LogP contribution in [-0.4, -0.2) is 21.4 Å². The molecule has 0 saturated carbocycles. The number of carbonyl (C=O) groups is 1. The van der Waals surface area contributed by atoms with Gasteiger partial charge < -0.3 is 4.74 Å². The van der Waals surface area contributed by atoms with Gasteiger partial charge >= 0.3 is 0 Å². The highest BCUT2D eigenvalue weighted by molar-refractivity contribution is 7.89.